The third kappa shape index (κ3) is 6.77. The van der Waals surface area contributed by atoms with Crippen molar-refractivity contribution < 1.29 is 33.7 Å². The van der Waals surface area contributed by atoms with Crippen LogP contribution >= 0.6 is 0 Å². The van der Waals surface area contributed by atoms with Gasteiger partial charge in [0.15, 0.2) is 11.5 Å². The predicted octanol–water partition coefficient (Wildman–Crippen LogP) is 3.29. The fraction of sp³-hybridized carbons (Fsp3) is 0.571. The highest BCUT2D eigenvalue weighted by Crippen LogP contribution is 2.47. The molecule has 2 aliphatic rings. The van der Waals surface area contributed by atoms with Crippen molar-refractivity contribution in [3.05, 3.63) is 42.0 Å². The lowest BCUT2D eigenvalue weighted by Crippen LogP contribution is -2.44. The van der Waals surface area contributed by atoms with Gasteiger partial charge >= 0.3 is 5.97 Å². The first-order valence-corrected chi connectivity index (χ1v) is 13.6. The van der Waals surface area contributed by atoms with Crippen molar-refractivity contribution in [1.82, 2.24) is 19.9 Å². The lowest BCUT2D eigenvalue weighted by Gasteiger charge is -2.29. The first-order chi connectivity index (χ1) is 19.0. The molecule has 11 nitrogen and oxygen atoms in total. The summed E-state index contributed by atoms with van der Waals surface area (Å²) in [4.78, 5) is 42.3. The molecule has 1 saturated heterocycles. The van der Waals surface area contributed by atoms with E-state index in [-0.39, 0.29) is 19.2 Å². The van der Waals surface area contributed by atoms with Crippen molar-refractivity contribution in [1.29, 1.82) is 0 Å². The Bertz CT molecular complexity index is 1110. The van der Waals surface area contributed by atoms with Crippen LogP contribution in [-0.4, -0.2) is 83.1 Å². The summed E-state index contributed by atoms with van der Waals surface area (Å²) >= 11 is 0. The Labute approximate surface area is 229 Å². The van der Waals surface area contributed by atoms with Gasteiger partial charge in [0.2, 0.25) is 12.5 Å². The van der Waals surface area contributed by atoms with E-state index in [0.29, 0.717) is 49.8 Å². The molecule has 39 heavy (non-hydrogen) atoms. The first-order valence-electron chi connectivity index (χ1n) is 13.6. The maximum Gasteiger partial charge on any atom is 0.308 e. The molecule has 1 aromatic heterocycles. The maximum absolute atomic E-state index is 13.4. The van der Waals surface area contributed by atoms with E-state index in [1.807, 2.05) is 30.0 Å². The number of carbonyl (C=O) groups excluding carboxylic acids is 1. The molecule has 0 bridgehead atoms. The van der Waals surface area contributed by atoms with Crippen molar-refractivity contribution in [3.8, 4) is 17.2 Å². The molecule has 4 rings (SSSR count). The van der Waals surface area contributed by atoms with Gasteiger partial charge in [0, 0.05) is 36.9 Å². The van der Waals surface area contributed by atoms with Gasteiger partial charge in [-0.15, -0.1) is 0 Å². The molecule has 0 spiro atoms. The Morgan fingerprint density at radius 2 is 2.08 bits per heavy atom. The molecular formula is C28H38N4O7. The lowest BCUT2D eigenvalue weighted by atomic mass is 9.83. The van der Waals surface area contributed by atoms with E-state index in [2.05, 4.69) is 16.9 Å². The van der Waals surface area contributed by atoms with Crippen molar-refractivity contribution >= 4 is 11.9 Å². The fourth-order valence-corrected chi connectivity index (χ4v) is 5.33. The Morgan fingerprint density at radius 1 is 1.23 bits per heavy atom. The molecule has 212 valence electrons. The fourth-order valence-electron chi connectivity index (χ4n) is 5.33. The number of rotatable bonds is 14. The van der Waals surface area contributed by atoms with Crippen LogP contribution in [0, 0.1) is 5.92 Å². The summed E-state index contributed by atoms with van der Waals surface area (Å²) < 4.78 is 16.7. The Balaban J connectivity index is 1.63. The number of aromatic nitrogens is 2. The average Bonchev–Trinajstić information content (AvgIpc) is 3.56. The number of aryl methyl sites for hydroxylation is 1. The molecule has 3 heterocycles. The number of fused-ring (bicyclic) bond motifs is 1. The van der Waals surface area contributed by atoms with Crippen molar-refractivity contribution in [3.63, 3.8) is 0 Å². The highest BCUT2D eigenvalue weighted by atomic mass is 16.7. The molecule has 1 N–H and O–H groups in total. The topological polar surface area (TPSA) is 124 Å². The summed E-state index contributed by atoms with van der Waals surface area (Å²) in [5.74, 6) is -0.700. The van der Waals surface area contributed by atoms with Crippen LogP contribution in [-0.2, 0) is 20.8 Å². The standard InChI is InChI=1S/C28H38N4O7/c1-4-6-11-32(39-12-5-2)25(33)16-31-15-21(19-13-23(36-3)27-24(14-19)37-18-38-27)26(28(34)35)22(31)8-7-20-9-10-29-17-30-20/h9-10,13-14,17,21-22,26H,4-8,11-12,15-16,18H2,1-3H3,(H,34,35)/t21-,22+,26?/m1/s1. The zero-order valence-electron chi connectivity index (χ0n) is 22.9. The smallest absolute Gasteiger partial charge is 0.308 e. The number of benzene rings is 1. The molecule has 1 fully saturated rings. The minimum Gasteiger partial charge on any atom is -0.493 e. The molecular weight excluding hydrogens is 504 g/mol. The van der Waals surface area contributed by atoms with E-state index < -0.39 is 23.8 Å². The number of carboxylic acids is 1. The minimum atomic E-state index is -0.913. The number of likely N-dealkylation sites (tertiary alicyclic amines) is 1. The molecule has 0 aliphatic carbocycles. The van der Waals surface area contributed by atoms with Gasteiger partial charge < -0.3 is 19.3 Å². The monoisotopic (exact) mass is 542 g/mol. The number of nitrogens with zero attached hydrogens (tertiary/aromatic N) is 4. The van der Waals surface area contributed by atoms with Crippen LogP contribution in [0.1, 0.15) is 56.7 Å². The summed E-state index contributed by atoms with van der Waals surface area (Å²) in [6.07, 6.45) is 6.78. The molecule has 1 unspecified atom stereocenters. The summed E-state index contributed by atoms with van der Waals surface area (Å²) in [5, 5.41) is 11.9. The second-order valence-corrected chi connectivity index (χ2v) is 9.85. The zero-order valence-corrected chi connectivity index (χ0v) is 22.9. The summed E-state index contributed by atoms with van der Waals surface area (Å²) in [5.41, 5.74) is 1.60. The van der Waals surface area contributed by atoms with Gasteiger partial charge in [0.25, 0.3) is 5.91 Å². The number of hydroxylamine groups is 2. The number of hydrogen-bond donors (Lipinski definition) is 1. The number of carbonyl (C=O) groups is 2. The van der Waals surface area contributed by atoms with Crippen LogP contribution in [0.3, 0.4) is 0 Å². The number of carboxylic acid groups (broad SMARTS) is 1. The Hall–Kier alpha value is -3.44. The van der Waals surface area contributed by atoms with Gasteiger partial charge in [-0.3, -0.25) is 19.3 Å². The van der Waals surface area contributed by atoms with Crippen LogP contribution in [0.5, 0.6) is 17.2 Å². The SMILES string of the molecule is CCCCN(OCCC)C(=O)CN1C[C@H](c2cc(OC)c3c(c2)OCO3)C(C(=O)O)[C@@H]1CCc1ccncn1. The van der Waals surface area contributed by atoms with Crippen LogP contribution in [0.15, 0.2) is 30.7 Å². The van der Waals surface area contributed by atoms with Crippen LogP contribution in [0.2, 0.25) is 0 Å². The summed E-state index contributed by atoms with van der Waals surface area (Å²) in [7, 11) is 1.54. The van der Waals surface area contributed by atoms with E-state index in [1.165, 1.54) is 11.4 Å². The van der Waals surface area contributed by atoms with Gasteiger partial charge in [-0.25, -0.2) is 15.0 Å². The largest absolute Gasteiger partial charge is 0.493 e. The van der Waals surface area contributed by atoms with E-state index in [0.717, 1.165) is 30.5 Å². The third-order valence-electron chi connectivity index (χ3n) is 7.26. The van der Waals surface area contributed by atoms with E-state index in [4.69, 9.17) is 19.0 Å². The number of hydrogen-bond acceptors (Lipinski definition) is 9. The number of methoxy groups -OCH3 is 1. The van der Waals surface area contributed by atoms with Crippen LogP contribution in [0.25, 0.3) is 0 Å². The molecule has 0 saturated carbocycles. The van der Waals surface area contributed by atoms with Gasteiger partial charge in [0.1, 0.15) is 6.33 Å². The highest BCUT2D eigenvalue weighted by molar-refractivity contribution is 5.78. The normalized spacial score (nSPS) is 20.2. The number of amides is 1. The molecule has 11 heteroatoms. The van der Waals surface area contributed by atoms with Gasteiger partial charge in [-0.05, 0) is 49.4 Å². The average molecular weight is 543 g/mol. The second kappa shape index (κ2) is 13.6. The van der Waals surface area contributed by atoms with Gasteiger partial charge in [0.05, 0.1) is 26.2 Å². The van der Waals surface area contributed by atoms with E-state index in [1.54, 1.807) is 13.3 Å². The molecule has 1 aromatic carbocycles. The third-order valence-corrected chi connectivity index (χ3v) is 7.26. The molecule has 1 amide bonds. The maximum atomic E-state index is 13.4. The summed E-state index contributed by atoms with van der Waals surface area (Å²) in [6.45, 7) is 5.53. The lowest BCUT2D eigenvalue weighted by molar-refractivity contribution is -0.188. The highest BCUT2D eigenvalue weighted by Gasteiger charge is 2.47. The molecule has 2 aromatic rings. The van der Waals surface area contributed by atoms with Crippen molar-refractivity contribution in [2.75, 3.05) is 40.1 Å². The quantitative estimate of drug-likeness (QED) is 0.356. The van der Waals surface area contributed by atoms with Crippen LogP contribution in [0.4, 0.5) is 0 Å². The Morgan fingerprint density at radius 3 is 2.77 bits per heavy atom. The predicted molar refractivity (Wildman–Crippen MR) is 142 cm³/mol. The molecule has 0 radical (unpaired) electrons. The van der Waals surface area contributed by atoms with Gasteiger partial charge in [-0.1, -0.05) is 20.3 Å². The number of ether oxygens (including phenoxy) is 3. The minimum absolute atomic E-state index is 0.0594. The molecule has 2 aliphatic heterocycles. The van der Waals surface area contributed by atoms with Crippen molar-refractivity contribution in [2.45, 2.75) is 57.9 Å². The first kappa shape index (κ1) is 28.6. The number of aliphatic carboxylic acids is 1. The van der Waals surface area contributed by atoms with E-state index in [9.17, 15) is 14.7 Å². The van der Waals surface area contributed by atoms with Crippen LogP contribution < -0.4 is 14.2 Å². The second-order valence-electron chi connectivity index (χ2n) is 9.85. The van der Waals surface area contributed by atoms with E-state index >= 15 is 0 Å². The number of unbranched alkanes of at least 4 members (excludes halogenated alkanes) is 1. The summed E-state index contributed by atoms with van der Waals surface area (Å²) in [6, 6.07) is 5.07. The Kier molecular flexibility index (Phi) is 9.94. The van der Waals surface area contributed by atoms with Gasteiger partial charge in [-0.2, -0.15) is 0 Å². The van der Waals surface area contributed by atoms with Crippen molar-refractivity contribution in [2.24, 2.45) is 5.92 Å². The zero-order chi connectivity index (χ0) is 27.8. The molecule has 3 atom stereocenters.